The Morgan fingerprint density at radius 2 is 1.96 bits per heavy atom. The van der Waals surface area contributed by atoms with Crippen LogP contribution in [0.5, 0.6) is 5.75 Å². The van der Waals surface area contributed by atoms with Gasteiger partial charge in [-0.1, -0.05) is 18.2 Å². The number of hydrogen-bond acceptors (Lipinski definition) is 3. The van der Waals surface area contributed by atoms with Crippen LogP contribution in [0, 0.1) is 5.82 Å². The molecule has 0 fully saturated rings. The summed E-state index contributed by atoms with van der Waals surface area (Å²) in [6, 6.07) is 14.2. The zero-order valence-electron chi connectivity index (χ0n) is 13.6. The van der Waals surface area contributed by atoms with Gasteiger partial charge in [-0.05, 0) is 42.8 Å². The maximum Gasteiger partial charge on any atom is 0.264 e. The van der Waals surface area contributed by atoms with Gasteiger partial charge in [-0.2, -0.15) is 0 Å². The van der Waals surface area contributed by atoms with E-state index in [9.17, 15) is 9.18 Å². The number of ether oxygens (including phenoxy) is 1. The molecule has 124 valence electrons. The fourth-order valence-corrected chi connectivity index (χ4v) is 3.59. The molecule has 0 atom stereocenters. The Kier molecular flexibility index (Phi) is 4.81. The average molecular weight is 343 g/mol. The molecule has 2 aromatic carbocycles. The van der Waals surface area contributed by atoms with E-state index in [-0.39, 0.29) is 11.7 Å². The van der Waals surface area contributed by atoms with Crippen molar-refractivity contribution in [3.05, 3.63) is 64.8 Å². The molecule has 5 heteroatoms. The molecular formula is C19H18FNO2S. The van der Waals surface area contributed by atoms with Crippen molar-refractivity contribution in [2.24, 2.45) is 0 Å². The quantitative estimate of drug-likeness (QED) is 0.671. The molecule has 0 aliphatic rings. The number of carbonyl (C=O) groups excluding carboxylic acids is 1. The fourth-order valence-electron chi connectivity index (χ4n) is 2.52. The third-order valence-corrected chi connectivity index (χ3v) is 4.81. The van der Waals surface area contributed by atoms with E-state index in [2.05, 4.69) is 0 Å². The van der Waals surface area contributed by atoms with Crippen molar-refractivity contribution in [2.75, 3.05) is 13.7 Å². The van der Waals surface area contributed by atoms with Crippen molar-refractivity contribution < 1.29 is 13.9 Å². The first-order valence-corrected chi connectivity index (χ1v) is 8.55. The molecule has 0 saturated heterocycles. The molecule has 0 spiro atoms. The zero-order valence-corrected chi connectivity index (χ0v) is 14.4. The summed E-state index contributed by atoms with van der Waals surface area (Å²) in [5.74, 6) is 0.414. The fraction of sp³-hybridized carbons (Fsp3) is 0.211. The third-order valence-electron chi connectivity index (χ3n) is 3.72. The summed E-state index contributed by atoms with van der Waals surface area (Å²) in [7, 11) is 1.75. The lowest BCUT2D eigenvalue weighted by Gasteiger charge is -2.16. The first-order valence-electron chi connectivity index (χ1n) is 7.73. The van der Waals surface area contributed by atoms with E-state index in [1.54, 1.807) is 24.1 Å². The Labute approximate surface area is 144 Å². The van der Waals surface area contributed by atoms with Gasteiger partial charge in [0.15, 0.2) is 0 Å². The molecule has 1 amide bonds. The van der Waals surface area contributed by atoms with Crippen LogP contribution in [-0.2, 0) is 6.54 Å². The van der Waals surface area contributed by atoms with Crippen LogP contribution in [0.2, 0.25) is 0 Å². The van der Waals surface area contributed by atoms with Gasteiger partial charge in [0, 0.05) is 23.7 Å². The molecule has 24 heavy (non-hydrogen) atoms. The van der Waals surface area contributed by atoms with Gasteiger partial charge in [0.25, 0.3) is 5.91 Å². The van der Waals surface area contributed by atoms with Gasteiger partial charge in [0.1, 0.15) is 11.6 Å². The molecule has 3 nitrogen and oxygen atoms in total. The summed E-state index contributed by atoms with van der Waals surface area (Å²) in [4.78, 5) is 14.8. The van der Waals surface area contributed by atoms with E-state index in [0.717, 1.165) is 16.0 Å². The first kappa shape index (κ1) is 16.5. The Bertz CT molecular complexity index is 857. The molecule has 0 aliphatic carbocycles. The lowest BCUT2D eigenvalue weighted by atomic mass is 10.2. The molecule has 0 saturated carbocycles. The number of amides is 1. The van der Waals surface area contributed by atoms with Crippen LogP contribution in [0.4, 0.5) is 4.39 Å². The van der Waals surface area contributed by atoms with Crippen LogP contribution in [-0.4, -0.2) is 24.5 Å². The summed E-state index contributed by atoms with van der Waals surface area (Å²) in [5.41, 5.74) is 1.02. The van der Waals surface area contributed by atoms with E-state index < -0.39 is 0 Å². The number of benzene rings is 2. The predicted molar refractivity (Wildman–Crippen MR) is 95.2 cm³/mol. The molecule has 0 unspecified atom stereocenters. The van der Waals surface area contributed by atoms with E-state index >= 15 is 0 Å². The lowest BCUT2D eigenvalue weighted by Crippen LogP contribution is -2.25. The maximum atomic E-state index is 13.8. The van der Waals surface area contributed by atoms with Gasteiger partial charge in [-0.3, -0.25) is 4.79 Å². The van der Waals surface area contributed by atoms with Gasteiger partial charge in [0.05, 0.1) is 11.5 Å². The maximum absolute atomic E-state index is 13.8. The van der Waals surface area contributed by atoms with Crippen LogP contribution < -0.4 is 4.74 Å². The Morgan fingerprint density at radius 3 is 2.62 bits per heavy atom. The molecule has 3 rings (SSSR count). The van der Waals surface area contributed by atoms with Gasteiger partial charge in [0.2, 0.25) is 0 Å². The minimum absolute atomic E-state index is 0.107. The molecular weight excluding hydrogens is 325 g/mol. The van der Waals surface area contributed by atoms with Crippen LogP contribution in [0.3, 0.4) is 0 Å². The van der Waals surface area contributed by atoms with E-state index in [1.165, 1.54) is 17.4 Å². The van der Waals surface area contributed by atoms with Crippen molar-refractivity contribution in [1.82, 2.24) is 4.90 Å². The highest BCUT2D eigenvalue weighted by atomic mass is 32.1. The number of rotatable bonds is 5. The number of halogens is 1. The smallest absolute Gasteiger partial charge is 0.264 e. The second kappa shape index (κ2) is 7.01. The summed E-state index contributed by atoms with van der Waals surface area (Å²) in [6.45, 7) is 3.05. The summed E-state index contributed by atoms with van der Waals surface area (Å²) >= 11 is 1.32. The van der Waals surface area contributed by atoms with E-state index in [4.69, 9.17) is 4.74 Å². The number of fused-ring (bicyclic) bond motifs is 1. The van der Waals surface area contributed by atoms with Crippen molar-refractivity contribution >= 4 is 27.3 Å². The number of thiophene rings is 1. The standard InChI is InChI=1S/C19H18FNO2S/c1-3-23-14-9-7-13(8-10-14)12-21(2)19(22)18-11-15-16(20)5-4-6-17(15)24-18/h4-11H,3,12H2,1-2H3. The van der Waals surface area contributed by atoms with Gasteiger partial charge in [-0.25, -0.2) is 4.39 Å². The summed E-state index contributed by atoms with van der Waals surface area (Å²) in [5, 5.41) is 0.500. The second-order valence-corrected chi connectivity index (χ2v) is 6.58. The molecule has 1 aromatic heterocycles. The molecule has 0 bridgehead atoms. The topological polar surface area (TPSA) is 29.5 Å². The number of carbonyl (C=O) groups is 1. The third kappa shape index (κ3) is 3.41. The minimum atomic E-state index is -0.294. The minimum Gasteiger partial charge on any atom is -0.494 e. The number of hydrogen-bond donors (Lipinski definition) is 0. The lowest BCUT2D eigenvalue weighted by molar-refractivity contribution is 0.0790. The van der Waals surface area contributed by atoms with Crippen LogP contribution in [0.1, 0.15) is 22.2 Å². The normalized spacial score (nSPS) is 10.8. The summed E-state index contributed by atoms with van der Waals surface area (Å²) < 4.78 is 20.0. The van der Waals surface area contributed by atoms with Crippen LogP contribution in [0.15, 0.2) is 48.5 Å². The highest BCUT2D eigenvalue weighted by molar-refractivity contribution is 7.20. The van der Waals surface area contributed by atoms with Crippen LogP contribution >= 0.6 is 11.3 Å². The van der Waals surface area contributed by atoms with Gasteiger partial charge >= 0.3 is 0 Å². The predicted octanol–water partition coefficient (Wildman–Crippen LogP) is 4.71. The molecule has 3 aromatic rings. The molecule has 1 heterocycles. The molecule has 0 radical (unpaired) electrons. The van der Waals surface area contributed by atoms with Crippen molar-refractivity contribution in [3.8, 4) is 5.75 Å². The average Bonchev–Trinajstić information content (AvgIpc) is 3.02. The van der Waals surface area contributed by atoms with Crippen molar-refractivity contribution in [3.63, 3.8) is 0 Å². The number of nitrogens with zero attached hydrogens (tertiary/aromatic N) is 1. The summed E-state index contributed by atoms with van der Waals surface area (Å²) in [6.07, 6.45) is 0. The van der Waals surface area contributed by atoms with Crippen molar-refractivity contribution in [2.45, 2.75) is 13.5 Å². The second-order valence-electron chi connectivity index (χ2n) is 5.50. The monoisotopic (exact) mass is 343 g/mol. The van der Waals surface area contributed by atoms with Gasteiger partial charge in [-0.15, -0.1) is 11.3 Å². The van der Waals surface area contributed by atoms with E-state index in [0.29, 0.717) is 23.4 Å². The van der Waals surface area contributed by atoms with Gasteiger partial charge < -0.3 is 9.64 Å². The Balaban J connectivity index is 1.74. The first-order chi connectivity index (χ1) is 11.6. The SMILES string of the molecule is CCOc1ccc(CN(C)C(=O)c2cc3c(F)cccc3s2)cc1. The zero-order chi connectivity index (χ0) is 17.1. The van der Waals surface area contributed by atoms with Crippen molar-refractivity contribution in [1.29, 1.82) is 0 Å². The van der Waals surface area contributed by atoms with E-state index in [1.807, 2.05) is 37.3 Å². The Hall–Kier alpha value is -2.40. The molecule has 0 aliphatic heterocycles. The highest BCUT2D eigenvalue weighted by Gasteiger charge is 2.16. The largest absolute Gasteiger partial charge is 0.494 e. The Morgan fingerprint density at radius 1 is 1.21 bits per heavy atom. The van der Waals surface area contributed by atoms with Crippen LogP contribution in [0.25, 0.3) is 10.1 Å². The molecule has 0 N–H and O–H groups in total. The highest BCUT2D eigenvalue weighted by Crippen LogP contribution is 2.28.